The van der Waals surface area contributed by atoms with Crippen molar-refractivity contribution < 1.29 is 14.6 Å². The molecule has 5 N–H and O–H groups in total. The van der Waals surface area contributed by atoms with E-state index in [0.29, 0.717) is 6.54 Å². The first-order valence-corrected chi connectivity index (χ1v) is 7.17. The minimum absolute atomic E-state index is 0.0773. The number of nitrogens with one attached hydrogen (secondary N) is 2. The molecule has 0 aromatic heterocycles. The lowest BCUT2D eigenvalue weighted by atomic mass is 10.0. The number of rotatable bonds is 7. The Morgan fingerprint density at radius 3 is 2.20 bits per heavy atom. The van der Waals surface area contributed by atoms with Gasteiger partial charge in [0.2, 0.25) is 0 Å². The van der Waals surface area contributed by atoms with E-state index in [1.54, 1.807) is 0 Å². The van der Waals surface area contributed by atoms with Crippen molar-refractivity contribution in [3.8, 4) is 0 Å². The number of amides is 1. The molecule has 4 atom stereocenters. The summed E-state index contributed by atoms with van der Waals surface area (Å²) in [5, 5.41) is 15.3. The Bertz CT molecular complexity index is 292. The van der Waals surface area contributed by atoms with E-state index in [1.807, 2.05) is 41.5 Å². The molecule has 0 fully saturated rings. The van der Waals surface area contributed by atoms with Crippen LogP contribution >= 0.6 is 0 Å². The molecular formula is C14H31N3O3. The Kier molecular flexibility index (Phi) is 8.08. The van der Waals surface area contributed by atoms with Crippen molar-refractivity contribution in [2.75, 3.05) is 13.2 Å². The number of hydrogen-bond acceptors (Lipinski definition) is 5. The topological polar surface area (TPSA) is 96.6 Å². The van der Waals surface area contributed by atoms with Crippen molar-refractivity contribution in [2.45, 2.75) is 65.3 Å². The summed E-state index contributed by atoms with van der Waals surface area (Å²) in [7, 11) is 0. The van der Waals surface area contributed by atoms with Gasteiger partial charge < -0.3 is 26.2 Å². The zero-order valence-electron chi connectivity index (χ0n) is 13.6. The molecule has 0 saturated heterocycles. The van der Waals surface area contributed by atoms with E-state index >= 15 is 0 Å². The Morgan fingerprint density at radius 2 is 1.80 bits per heavy atom. The normalized spacial score (nSPS) is 18.0. The quantitative estimate of drug-likeness (QED) is 0.557. The molecule has 0 heterocycles. The smallest absolute Gasteiger partial charge is 0.407 e. The van der Waals surface area contributed by atoms with Crippen LogP contribution in [0.3, 0.4) is 0 Å². The first-order chi connectivity index (χ1) is 9.10. The van der Waals surface area contributed by atoms with Crippen LogP contribution in [0.15, 0.2) is 0 Å². The molecule has 0 aliphatic carbocycles. The monoisotopic (exact) mass is 289 g/mol. The van der Waals surface area contributed by atoms with Gasteiger partial charge in [0.1, 0.15) is 5.60 Å². The highest BCUT2D eigenvalue weighted by Crippen LogP contribution is 2.08. The Morgan fingerprint density at radius 1 is 1.25 bits per heavy atom. The fourth-order valence-electron chi connectivity index (χ4n) is 1.67. The van der Waals surface area contributed by atoms with Crippen molar-refractivity contribution in [3.05, 3.63) is 0 Å². The molecule has 6 heteroatoms. The standard InChI is InChI=1S/C14H31N3O3/c1-9(8-18)10(2)16-12(7-15)11(3)17-13(19)20-14(4,5)6/h9-12,16,18H,7-8,15H2,1-6H3,(H,17,19). The molecule has 0 spiro atoms. The molecule has 0 aliphatic heterocycles. The Balaban J connectivity index is 4.40. The Labute approximate surface area is 122 Å². The van der Waals surface area contributed by atoms with E-state index in [4.69, 9.17) is 15.6 Å². The van der Waals surface area contributed by atoms with Crippen LogP contribution in [0.5, 0.6) is 0 Å². The lowest BCUT2D eigenvalue weighted by Crippen LogP contribution is -2.56. The van der Waals surface area contributed by atoms with Crippen molar-refractivity contribution in [1.82, 2.24) is 10.6 Å². The number of hydrogen-bond donors (Lipinski definition) is 4. The zero-order valence-corrected chi connectivity index (χ0v) is 13.6. The van der Waals surface area contributed by atoms with Gasteiger partial charge in [-0.1, -0.05) is 6.92 Å². The molecule has 20 heavy (non-hydrogen) atoms. The molecule has 4 unspecified atom stereocenters. The molecule has 1 amide bonds. The van der Waals surface area contributed by atoms with Crippen LogP contribution in [0.1, 0.15) is 41.5 Å². The van der Waals surface area contributed by atoms with Crippen LogP contribution < -0.4 is 16.4 Å². The number of alkyl carbamates (subject to hydrolysis) is 1. The van der Waals surface area contributed by atoms with Crippen LogP contribution in [0, 0.1) is 5.92 Å². The maximum atomic E-state index is 11.7. The van der Waals surface area contributed by atoms with E-state index < -0.39 is 11.7 Å². The van der Waals surface area contributed by atoms with Gasteiger partial charge in [-0.05, 0) is 40.5 Å². The van der Waals surface area contributed by atoms with Crippen molar-refractivity contribution in [1.29, 1.82) is 0 Å². The second kappa shape index (κ2) is 8.44. The van der Waals surface area contributed by atoms with E-state index in [2.05, 4.69) is 10.6 Å². The SMILES string of the molecule is CC(CO)C(C)NC(CN)C(C)NC(=O)OC(C)(C)C. The van der Waals surface area contributed by atoms with Crippen LogP contribution in [0.2, 0.25) is 0 Å². The molecule has 0 aromatic carbocycles. The lowest BCUT2D eigenvalue weighted by molar-refractivity contribution is 0.0495. The predicted molar refractivity (Wildman–Crippen MR) is 80.5 cm³/mol. The molecule has 6 nitrogen and oxygen atoms in total. The lowest BCUT2D eigenvalue weighted by Gasteiger charge is -2.31. The third-order valence-electron chi connectivity index (χ3n) is 3.22. The van der Waals surface area contributed by atoms with Crippen molar-refractivity contribution in [3.63, 3.8) is 0 Å². The molecule has 0 bridgehead atoms. The van der Waals surface area contributed by atoms with Crippen molar-refractivity contribution >= 4 is 6.09 Å². The highest BCUT2D eigenvalue weighted by molar-refractivity contribution is 5.68. The second-order valence-electron chi connectivity index (χ2n) is 6.39. The fraction of sp³-hybridized carbons (Fsp3) is 0.929. The van der Waals surface area contributed by atoms with Gasteiger partial charge in [0, 0.05) is 31.3 Å². The third kappa shape index (κ3) is 7.67. The summed E-state index contributed by atoms with van der Waals surface area (Å²) in [5.74, 6) is 0.123. The second-order valence-corrected chi connectivity index (χ2v) is 6.39. The van der Waals surface area contributed by atoms with Gasteiger partial charge in [-0.25, -0.2) is 4.79 Å². The first kappa shape index (κ1) is 19.1. The summed E-state index contributed by atoms with van der Waals surface area (Å²) < 4.78 is 5.22. The maximum absolute atomic E-state index is 11.7. The molecule has 120 valence electrons. The number of ether oxygens (including phenoxy) is 1. The van der Waals surface area contributed by atoms with Gasteiger partial charge in [0.05, 0.1) is 0 Å². The average Bonchev–Trinajstić information content (AvgIpc) is 2.31. The highest BCUT2D eigenvalue weighted by Gasteiger charge is 2.24. The van der Waals surface area contributed by atoms with Crippen LogP contribution in [-0.2, 0) is 4.74 Å². The Hall–Kier alpha value is -0.850. The summed E-state index contributed by atoms with van der Waals surface area (Å²) in [4.78, 5) is 11.7. The maximum Gasteiger partial charge on any atom is 0.407 e. The zero-order chi connectivity index (χ0) is 15.9. The predicted octanol–water partition coefficient (Wildman–Crippen LogP) is 0.833. The summed E-state index contributed by atoms with van der Waals surface area (Å²) in [5.41, 5.74) is 5.23. The molecule has 0 rings (SSSR count). The summed E-state index contributed by atoms with van der Waals surface area (Å²) in [6.45, 7) is 11.8. The van der Waals surface area contributed by atoms with Gasteiger partial charge >= 0.3 is 6.09 Å². The molecular weight excluding hydrogens is 258 g/mol. The van der Waals surface area contributed by atoms with E-state index in [0.717, 1.165) is 0 Å². The molecule has 0 aliphatic rings. The summed E-state index contributed by atoms with van der Waals surface area (Å²) in [6, 6.07) is -0.133. The van der Waals surface area contributed by atoms with Gasteiger partial charge in [0.25, 0.3) is 0 Å². The average molecular weight is 289 g/mol. The molecule has 0 saturated carbocycles. The number of aliphatic hydroxyl groups excluding tert-OH is 1. The fourth-order valence-corrected chi connectivity index (χ4v) is 1.67. The molecule has 0 radical (unpaired) electrons. The van der Waals surface area contributed by atoms with E-state index in [1.165, 1.54) is 0 Å². The molecule has 0 aromatic rings. The highest BCUT2D eigenvalue weighted by atomic mass is 16.6. The number of carbonyl (C=O) groups is 1. The van der Waals surface area contributed by atoms with Crippen molar-refractivity contribution in [2.24, 2.45) is 11.7 Å². The minimum Gasteiger partial charge on any atom is -0.444 e. The van der Waals surface area contributed by atoms with Gasteiger partial charge in [-0.3, -0.25) is 0 Å². The minimum atomic E-state index is -0.520. The van der Waals surface area contributed by atoms with Gasteiger partial charge in [-0.2, -0.15) is 0 Å². The van der Waals surface area contributed by atoms with Crippen LogP contribution in [0.25, 0.3) is 0 Å². The van der Waals surface area contributed by atoms with Crippen LogP contribution in [-0.4, -0.2) is 48.1 Å². The van der Waals surface area contributed by atoms with E-state index in [-0.39, 0.29) is 30.7 Å². The largest absolute Gasteiger partial charge is 0.444 e. The number of nitrogens with two attached hydrogens (primary N) is 1. The van der Waals surface area contributed by atoms with E-state index in [9.17, 15) is 4.79 Å². The summed E-state index contributed by atoms with van der Waals surface area (Å²) >= 11 is 0. The number of aliphatic hydroxyl groups is 1. The van der Waals surface area contributed by atoms with Crippen LogP contribution in [0.4, 0.5) is 4.79 Å². The van der Waals surface area contributed by atoms with Gasteiger partial charge in [-0.15, -0.1) is 0 Å². The third-order valence-corrected chi connectivity index (χ3v) is 3.22. The van der Waals surface area contributed by atoms with Gasteiger partial charge in [0.15, 0.2) is 0 Å². The summed E-state index contributed by atoms with van der Waals surface area (Å²) in [6.07, 6.45) is -0.451. The number of carbonyl (C=O) groups excluding carboxylic acids is 1. The first-order valence-electron chi connectivity index (χ1n) is 7.17.